The Balaban J connectivity index is 1.81. The number of amides is 2. The smallest absolute Gasteiger partial charge is 0.437 e. The standard InChI is InChI=1S/C27H39N7O5/c1-8-37-16-19-31-20-21(17-12-9-10-13-18(17)30-22(20)28)34(19)15-11-14-29-23(32-24(35)38-26(2,3)4)33-25(36)39-27(5,6)7/h9-10,12-13H,8,11,14-16H2,1-7H3,(H2,28,30)(H2,29,32,33,35,36). The van der Waals surface area contributed by atoms with Gasteiger partial charge in [-0.15, -0.1) is 4.99 Å². The number of fused-ring (bicyclic) bond motifs is 3. The van der Waals surface area contributed by atoms with Gasteiger partial charge in [0.05, 0.1) is 11.0 Å². The summed E-state index contributed by atoms with van der Waals surface area (Å²) >= 11 is 0. The topological polar surface area (TPSA) is 155 Å². The number of nitrogen functional groups attached to an aromatic ring is 1. The van der Waals surface area contributed by atoms with Gasteiger partial charge in [-0.05, 0) is 61.0 Å². The van der Waals surface area contributed by atoms with E-state index in [0.29, 0.717) is 44.1 Å². The van der Waals surface area contributed by atoms with Crippen LogP contribution in [0.25, 0.3) is 21.9 Å². The van der Waals surface area contributed by atoms with E-state index in [1.54, 1.807) is 41.5 Å². The first-order valence-electron chi connectivity index (χ1n) is 12.9. The largest absolute Gasteiger partial charge is 0.444 e. The van der Waals surface area contributed by atoms with Crippen molar-refractivity contribution >= 4 is 45.9 Å². The molecule has 12 heteroatoms. The van der Waals surface area contributed by atoms with Gasteiger partial charge in [0.15, 0.2) is 5.82 Å². The minimum atomic E-state index is -0.838. The van der Waals surface area contributed by atoms with Crippen molar-refractivity contribution in [3.05, 3.63) is 30.1 Å². The second-order valence-electron chi connectivity index (χ2n) is 10.9. The maximum Gasteiger partial charge on any atom is 0.437 e. The highest BCUT2D eigenvalue weighted by Crippen LogP contribution is 2.29. The van der Waals surface area contributed by atoms with Crippen LogP contribution in [-0.2, 0) is 27.4 Å². The number of imidazole rings is 1. The molecule has 3 rings (SSSR count). The highest BCUT2D eigenvalue weighted by molar-refractivity contribution is 6.06. The second-order valence-corrected chi connectivity index (χ2v) is 10.9. The predicted molar refractivity (Wildman–Crippen MR) is 150 cm³/mol. The van der Waals surface area contributed by atoms with Gasteiger partial charge in [0.2, 0.25) is 5.96 Å². The Kier molecular flexibility index (Phi) is 9.33. The van der Waals surface area contributed by atoms with Crippen molar-refractivity contribution in [3.8, 4) is 0 Å². The molecular formula is C27H39N7O5. The van der Waals surface area contributed by atoms with E-state index < -0.39 is 23.4 Å². The normalized spacial score (nSPS) is 12.5. The summed E-state index contributed by atoms with van der Waals surface area (Å²) in [7, 11) is 0. The average molecular weight is 542 g/mol. The lowest BCUT2D eigenvalue weighted by Crippen LogP contribution is -2.44. The quantitative estimate of drug-likeness (QED) is 0.223. The zero-order valence-corrected chi connectivity index (χ0v) is 23.8. The third-order valence-electron chi connectivity index (χ3n) is 5.19. The van der Waals surface area contributed by atoms with Crippen LogP contribution in [0, 0.1) is 0 Å². The van der Waals surface area contributed by atoms with E-state index in [2.05, 4.69) is 25.2 Å². The molecule has 2 aromatic heterocycles. The van der Waals surface area contributed by atoms with Crippen molar-refractivity contribution in [3.63, 3.8) is 0 Å². The SMILES string of the molecule is CCOCc1nc2c(N)nc3ccccc3c2n1CCCNC(=NC(=O)OC(C)(C)C)NC(=O)OC(C)(C)C. The van der Waals surface area contributed by atoms with Gasteiger partial charge >= 0.3 is 12.2 Å². The number of rotatable bonds is 7. The zero-order chi connectivity index (χ0) is 28.8. The van der Waals surface area contributed by atoms with Crippen LogP contribution in [0.2, 0.25) is 0 Å². The molecule has 0 spiro atoms. The van der Waals surface area contributed by atoms with E-state index in [1.807, 2.05) is 31.2 Å². The molecule has 0 aliphatic heterocycles. The van der Waals surface area contributed by atoms with E-state index >= 15 is 0 Å². The Morgan fingerprint density at radius 2 is 1.74 bits per heavy atom. The molecule has 2 amide bonds. The molecule has 0 aliphatic carbocycles. The van der Waals surface area contributed by atoms with Crippen LogP contribution in [-0.4, -0.2) is 57.0 Å². The molecule has 0 unspecified atom stereocenters. The fourth-order valence-electron chi connectivity index (χ4n) is 3.78. The molecule has 0 fully saturated rings. The van der Waals surface area contributed by atoms with Gasteiger partial charge in [0, 0.05) is 25.1 Å². The zero-order valence-electron chi connectivity index (χ0n) is 23.8. The molecule has 4 N–H and O–H groups in total. The van der Waals surface area contributed by atoms with Crippen LogP contribution >= 0.6 is 0 Å². The van der Waals surface area contributed by atoms with Crippen LogP contribution in [0.1, 0.15) is 60.7 Å². The first-order valence-corrected chi connectivity index (χ1v) is 12.9. The van der Waals surface area contributed by atoms with Crippen LogP contribution < -0.4 is 16.4 Å². The molecule has 3 aromatic rings. The monoisotopic (exact) mass is 541 g/mol. The number of ether oxygens (including phenoxy) is 3. The molecule has 0 atom stereocenters. The molecule has 0 saturated heterocycles. The van der Waals surface area contributed by atoms with E-state index in [0.717, 1.165) is 22.2 Å². The van der Waals surface area contributed by atoms with Gasteiger partial charge < -0.3 is 29.8 Å². The third kappa shape index (κ3) is 8.54. The lowest BCUT2D eigenvalue weighted by Gasteiger charge is -2.21. The van der Waals surface area contributed by atoms with Gasteiger partial charge in [-0.25, -0.2) is 19.6 Å². The van der Waals surface area contributed by atoms with Gasteiger partial charge in [-0.2, -0.15) is 0 Å². The van der Waals surface area contributed by atoms with Crippen LogP contribution in [0.3, 0.4) is 0 Å². The molecule has 39 heavy (non-hydrogen) atoms. The van der Waals surface area contributed by atoms with Crippen LogP contribution in [0.4, 0.5) is 15.4 Å². The van der Waals surface area contributed by atoms with Crippen LogP contribution in [0.5, 0.6) is 0 Å². The molecule has 212 valence electrons. The Hall–Kier alpha value is -3.93. The molecule has 0 saturated carbocycles. The maximum atomic E-state index is 12.4. The predicted octanol–water partition coefficient (Wildman–Crippen LogP) is 4.50. The summed E-state index contributed by atoms with van der Waals surface area (Å²) in [4.78, 5) is 37.8. The highest BCUT2D eigenvalue weighted by atomic mass is 16.6. The summed E-state index contributed by atoms with van der Waals surface area (Å²) in [5, 5.41) is 6.44. The molecule has 2 heterocycles. The van der Waals surface area contributed by atoms with Gasteiger partial charge in [-0.3, -0.25) is 5.32 Å². The molecule has 12 nitrogen and oxygen atoms in total. The number of carbonyl (C=O) groups excluding carboxylic acids is 2. The number of guanidine groups is 1. The number of benzene rings is 1. The minimum absolute atomic E-state index is 0.0672. The number of anilines is 1. The lowest BCUT2D eigenvalue weighted by molar-refractivity contribution is 0.0560. The highest BCUT2D eigenvalue weighted by Gasteiger charge is 2.21. The van der Waals surface area contributed by atoms with E-state index in [9.17, 15) is 9.59 Å². The summed E-state index contributed by atoms with van der Waals surface area (Å²) in [5.74, 6) is 1.01. The Labute approximate surface area is 228 Å². The summed E-state index contributed by atoms with van der Waals surface area (Å²) < 4.78 is 18.3. The van der Waals surface area contributed by atoms with Gasteiger partial charge in [0.1, 0.15) is 29.2 Å². The fourth-order valence-corrected chi connectivity index (χ4v) is 3.78. The van der Waals surface area contributed by atoms with E-state index in [4.69, 9.17) is 24.9 Å². The number of nitrogens with two attached hydrogens (primary N) is 1. The number of aliphatic imine (C=N–C) groups is 1. The number of para-hydroxylation sites is 1. The van der Waals surface area contributed by atoms with Crippen LogP contribution in [0.15, 0.2) is 29.3 Å². The number of aryl methyl sites for hydroxylation is 1. The van der Waals surface area contributed by atoms with Gasteiger partial charge in [0.25, 0.3) is 0 Å². The van der Waals surface area contributed by atoms with Crippen molar-refractivity contribution in [2.45, 2.75) is 79.2 Å². The summed E-state index contributed by atoms with van der Waals surface area (Å²) in [6.07, 6.45) is -0.994. The molecular weight excluding hydrogens is 502 g/mol. The van der Waals surface area contributed by atoms with Crippen molar-refractivity contribution in [1.29, 1.82) is 0 Å². The molecule has 0 radical (unpaired) electrons. The third-order valence-corrected chi connectivity index (χ3v) is 5.19. The summed E-state index contributed by atoms with van der Waals surface area (Å²) in [5.41, 5.74) is 7.07. The fraction of sp³-hybridized carbons (Fsp3) is 0.519. The number of hydrogen-bond acceptors (Lipinski definition) is 8. The van der Waals surface area contributed by atoms with Gasteiger partial charge in [-0.1, -0.05) is 18.2 Å². The first-order chi connectivity index (χ1) is 18.3. The Bertz CT molecular complexity index is 1350. The number of pyridine rings is 1. The van der Waals surface area contributed by atoms with Crippen molar-refractivity contribution in [2.24, 2.45) is 4.99 Å². The summed E-state index contributed by atoms with van der Waals surface area (Å²) in [6, 6.07) is 7.76. The van der Waals surface area contributed by atoms with Crippen molar-refractivity contribution in [1.82, 2.24) is 25.2 Å². The Morgan fingerprint density at radius 3 is 2.41 bits per heavy atom. The van der Waals surface area contributed by atoms with Crippen molar-refractivity contribution < 1.29 is 23.8 Å². The number of nitrogens with one attached hydrogen (secondary N) is 2. The number of hydrogen-bond donors (Lipinski definition) is 3. The van der Waals surface area contributed by atoms with Crippen molar-refractivity contribution in [2.75, 3.05) is 18.9 Å². The molecule has 1 aromatic carbocycles. The second kappa shape index (κ2) is 12.3. The van der Waals surface area contributed by atoms with E-state index in [-0.39, 0.29) is 5.96 Å². The summed E-state index contributed by atoms with van der Waals surface area (Å²) in [6.45, 7) is 14.1. The first kappa shape index (κ1) is 29.6. The lowest BCUT2D eigenvalue weighted by atomic mass is 10.2. The van der Waals surface area contributed by atoms with E-state index in [1.165, 1.54) is 0 Å². The number of nitrogens with zero attached hydrogens (tertiary/aromatic N) is 4. The number of carbonyl (C=O) groups is 2. The maximum absolute atomic E-state index is 12.4. The molecule has 0 aliphatic rings. The minimum Gasteiger partial charge on any atom is -0.444 e. The Morgan fingerprint density at radius 1 is 1.05 bits per heavy atom. The number of alkyl carbamates (subject to hydrolysis) is 1. The average Bonchev–Trinajstić information content (AvgIpc) is 3.17. The number of aromatic nitrogens is 3. The molecule has 0 bridgehead atoms.